The molecule has 104 valence electrons. The van der Waals surface area contributed by atoms with E-state index in [1.807, 2.05) is 45.0 Å². The summed E-state index contributed by atoms with van der Waals surface area (Å²) in [6, 6.07) is 7.72. The van der Waals surface area contributed by atoms with Crippen molar-refractivity contribution in [3.05, 3.63) is 29.8 Å². The molecule has 0 saturated carbocycles. The van der Waals surface area contributed by atoms with Crippen LogP contribution in [-0.2, 0) is 9.53 Å². The lowest BCUT2D eigenvalue weighted by Gasteiger charge is -2.24. The van der Waals surface area contributed by atoms with Gasteiger partial charge in [-0.25, -0.2) is 0 Å². The largest absolute Gasteiger partial charge is 0.481 e. The predicted molar refractivity (Wildman–Crippen MR) is 74.7 cm³/mol. The number of para-hydroxylation sites is 1. The summed E-state index contributed by atoms with van der Waals surface area (Å²) in [7, 11) is 0. The van der Waals surface area contributed by atoms with Gasteiger partial charge in [-0.1, -0.05) is 18.2 Å². The van der Waals surface area contributed by atoms with Gasteiger partial charge in [0.05, 0.1) is 12.2 Å². The quantitative estimate of drug-likeness (QED) is 0.906. The van der Waals surface area contributed by atoms with Crippen LogP contribution in [0.4, 0.5) is 5.69 Å². The molecule has 4 nitrogen and oxygen atoms in total. The van der Waals surface area contributed by atoms with Gasteiger partial charge in [0.25, 0.3) is 0 Å². The molecule has 0 radical (unpaired) electrons. The molecule has 0 saturated heterocycles. The van der Waals surface area contributed by atoms with Gasteiger partial charge in [-0.15, -0.1) is 0 Å². The van der Waals surface area contributed by atoms with E-state index in [1.165, 1.54) is 0 Å². The monoisotopic (exact) mass is 263 g/mol. The highest BCUT2D eigenvalue weighted by atomic mass is 16.5. The second-order valence-electron chi connectivity index (χ2n) is 5.86. The van der Waals surface area contributed by atoms with Gasteiger partial charge in [0.1, 0.15) is 5.92 Å². The molecule has 0 amide bonds. The lowest BCUT2D eigenvalue weighted by Crippen LogP contribution is -2.31. The maximum Gasteiger partial charge on any atom is 0.312 e. The second kappa shape index (κ2) is 5.21. The van der Waals surface area contributed by atoms with Crippen LogP contribution in [0, 0.1) is 0 Å². The number of anilines is 1. The molecule has 1 heterocycles. The third-order valence-corrected chi connectivity index (χ3v) is 3.25. The molecule has 1 aromatic carbocycles. The molecule has 1 aliphatic rings. The first kappa shape index (κ1) is 13.9. The molecule has 1 N–H and O–H groups in total. The van der Waals surface area contributed by atoms with E-state index < -0.39 is 11.9 Å². The van der Waals surface area contributed by atoms with Crippen molar-refractivity contribution in [1.82, 2.24) is 0 Å². The minimum Gasteiger partial charge on any atom is -0.481 e. The third kappa shape index (κ3) is 3.26. The summed E-state index contributed by atoms with van der Waals surface area (Å²) >= 11 is 0. The van der Waals surface area contributed by atoms with E-state index in [0.717, 1.165) is 17.8 Å². The van der Waals surface area contributed by atoms with E-state index in [0.29, 0.717) is 13.2 Å². The number of hydrogen-bond acceptors (Lipinski definition) is 3. The van der Waals surface area contributed by atoms with Crippen molar-refractivity contribution < 1.29 is 14.6 Å². The number of hydrogen-bond donors (Lipinski definition) is 1. The fourth-order valence-corrected chi connectivity index (χ4v) is 2.37. The second-order valence-corrected chi connectivity index (χ2v) is 5.86. The van der Waals surface area contributed by atoms with Crippen LogP contribution in [0.5, 0.6) is 0 Å². The molecular formula is C15H21NO3. The zero-order chi connectivity index (χ0) is 14.0. The van der Waals surface area contributed by atoms with Crippen molar-refractivity contribution >= 4 is 11.7 Å². The lowest BCUT2D eigenvalue weighted by molar-refractivity contribution is -0.138. The summed E-state index contributed by atoms with van der Waals surface area (Å²) in [5, 5.41) is 9.27. The van der Waals surface area contributed by atoms with E-state index in [2.05, 4.69) is 4.90 Å². The SMILES string of the molecule is CC(C)(C)OCCN1CC(C(=O)O)c2ccccc21. The average molecular weight is 263 g/mol. The average Bonchev–Trinajstić information content (AvgIpc) is 2.67. The van der Waals surface area contributed by atoms with E-state index in [1.54, 1.807) is 0 Å². The Labute approximate surface area is 114 Å². The van der Waals surface area contributed by atoms with Gasteiger partial charge < -0.3 is 14.7 Å². The van der Waals surface area contributed by atoms with E-state index >= 15 is 0 Å². The number of carboxylic acids is 1. The van der Waals surface area contributed by atoms with Crippen molar-refractivity contribution in [1.29, 1.82) is 0 Å². The maximum atomic E-state index is 11.3. The fraction of sp³-hybridized carbons (Fsp3) is 0.533. The number of carbonyl (C=O) groups is 1. The smallest absolute Gasteiger partial charge is 0.312 e. The molecule has 0 spiro atoms. The minimum atomic E-state index is -0.758. The van der Waals surface area contributed by atoms with Crippen LogP contribution in [0.25, 0.3) is 0 Å². The third-order valence-electron chi connectivity index (χ3n) is 3.25. The van der Waals surface area contributed by atoms with Gasteiger partial charge in [0, 0.05) is 18.8 Å². The first-order valence-electron chi connectivity index (χ1n) is 6.59. The van der Waals surface area contributed by atoms with E-state index in [-0.39, 0.29) is 5.60 Å². The summed E-state index contributed by atoms with van der Waals surface area (Å²) in [5.41, 5.74) is 1.77. The zero-order valence-corrected chi connectivity index (χ0v) is 11.7. The van der Waals surface area contributed by atoms with Gasteiger partial charge in [0.2, 0.25) is 0 Å². The Hall–Kier alpha value is -1.55. The molecule has 1 unspecified atom stereocenters. The molecular weight excluding hydrogens is 242 g/mol. The molecule has 0 fully saturated rings. The molecule has 1 atom stereocenters. The fourth-order valence-electron chi connectivity index (χ4n) is 2.37. The van der Waals surface area contributed by atoms with E-state index in [9.17, 15) is 9.90 Å². The summed E-state index contributed by atoms with van der Waals surface area (Å²) in [4.78, 5) is 13.4. The summed E-state index contributed by atoms with van der Waals surface area (Å²) in [6.45, 7) is 7.91. The highest BCUT2D eigenvalue weighted by molar-refractivity contribution is 5.82. The van der Waals surface area contributed by atoms with Crippen molar-refractivity contribution in [3.63, 3.8) is 0 Å². The van der Waals surface area contributed by atoms with Crippen molar-refractivity contribution in [2.45, 2.75) is 32.3 Å². The lowest BCUT2D eigenvalue weighted by atomic mass is 10.0. The van der Waals surface area contributed by atoms with Crippen LogP contribution in [0.15, 0.2) is 24.3 Å². The van der Waals surface area contributed by atoms with Crippen LogP contribution < -0.4 is 4.90 Å². The number of ether oxygens (including phenoxy) is 1. The van der Waals surface area contributed by atoms with Gasteiger partial charge in [-0.3, -0.25) is 4.79 Å². The number of benzene rings is 1. The van der Waals surface area contributed by atoms with Crippen LogP contribution in [0.2, 0.25) is 0 Å². The molecule has 0 bridgehead atoms. The number of nitrogens with zero attached hydrogens (tertiary/aromatic N) is 1. The molecule has 1 aliphatic heterocycles. The number of aliphatic carboxylic acids is 1. The Morgan fingerprint density at radius 1 is 1.42 bits per heavy atom. The summed E-state index contributed by atoms with van der Waals surface area (Å²) < 4.78 is 5.71. The van der Waals surface area contributed by atoms with Gasteiger partial charge >= 0.3 is 5.97 Å². The van der Waals surface area contributed by atoms with Crippen molar-refractivity contribution in [2.24, 2.45) is 0 Å². The molecule has 0 aliphatic carbocycles. The first-order chi connectivity index (χ1) is 8.88. The van der Waals surface area contributed by atoms with Crippen LogP contribution >= 0.6 is 0 Å². The zero-order valence-electron chi connectivity index (χ0n) is 11.7. The number of rotatable bonds is 4. The Balaban J connectivity index is 2.06. The summed E-state index contributed by atoms with van der Waals surface area (Å²) in [5.74, 6) is -1.18. The minimum absolute atomic E-state index is 0.161. The Morgan fingerprint density at radius 2 is 2.11 bits per heavy atom. The summed E-state index contributed by atoms with van der Waals surface area (Å²) in [6.07, 6.45) is 0. The standard InChI is InChI=1S/C15H21NO3/c1-15(2,3)19-9-8-16-10-12(14(17)18)11-6-4-5-7-13(11)16/h4-7,12H,8-10H2,1-3H3,(H,17,18). The molecule has 2 rings (SSSR count). The van der Waals surface area contributed by atoms with Crippen LogP contribution in [0.1, 0.15) is 32.3 Å². The highest BCUT2D eigenvalue weighted by Crippen LogP contribution is 2.35. The Bertz CT molecular complexity index is 465. The van der Waals surface area contributed by atoms with Crippen LogP contribution in [-0.4, -0.2) is 36.4 Å². The molecule has 0 aromatic heterocycles. The highest BCUT2D eigenvalue weighted by Gasteiger charge is 2.33. The topological polar surface area (TPSA) is 49.8 Å². The molecule has 19 heavy (non-hydrogen) atoms. The Morgan fingerprint density at radius 3 is 2.74 bits per heavy atom. The van der Waals surface area contributed by atoms with E-state index in [4.69, 9.17) is 4.74 Å². The normalized spacial score (nSPS) is 18.5. The number of fused-ring (bicyclic) bond motifs is 1. The number of carboxylic acid groups (broad SMARTS) is 1. The predicted octanol–water partition coefficient (Wildman–Crippen LogP) is 2.49. The van der Waals surface area contributed by atoms with Gasteiger partial charge in [-0.2, -0.15) is 0 Å². The van der Waals surface area contributed by atoms with Gasteiger partial charge in [0.15, 0.2) is 0 Å². The van der Waals surface area contributed by atoms with Gasteiger partial charge in [-0.05, 0) is 32.4 Å². The maximum absolute atomic E-state index is 11.3. The Kier molecular flexibility index (Phi) is 3.80. The van der Waals surface area contributed by atoms with Crippen molar-refractivity contribution in [3.8, 4) is 0 Å². The molecule has 1 aromatic rings. The van der Waals surface area contributed by atoms with Crippen LogP contribution in [0.3, 0.4) is 0 Å². The molecule has 4 heteroatoms. The van der Waals surface area contributed by atoms with Crippen molar-refractivity contribution in [2.75, 3.05) is 24.6 Å². The first-order valence-corrected chi connectivity index (χ1v) is 6.59.